The van der Waals surface area contributed by atoms with Crippen molar-refractivity contribution >= 4 is 28.6 Å². The fourth-order valence-corrected chi connectivity index (χ4v) is 5.26. The molecule has 35 heavy (non-hydrogen) atoms. The van der Waals surface area contributed by atoms with E-state index in [0.29, 0.717) is 0 Å². The lowest BCUT2D eigenvalue weighted by Crippen LogP contribution is -2.67. The highest BCUT2D eigenvalue weighted by Crippen LogP contribution is 2.58. The Morgan fingerprint density at radius 3 is 1.34 bits per heavy atom. The van der Waals surface area contributed by atoms with E-state index in [0.717, 1.165) is 0 Å². The number of hydrogen-bond donors (Lipinski definition) is 4. The van der Waals surface area contributed by atoms with Crippen LogP contribution in [0, 0.1) is 11.8 Å². The average Bonchev–Trinajstić information content (AvgIpc) is 3.52. The number of alkyl halides is 13. The van der Waals surface area contributed by atoms with Gasteiger partial charge in [-0.15, -0.1) is 0 Å². The first-order valence-electron chi connectivity index (χ1n) is 9.55. The maximum Gasteiger partial charge on any atom is 0.426 e. The van der Waals surface area contributed by atoms with E-state index >= 15 is 0 Å². The van der Waals surface area contributed by atoms with Gasteiger partial charge in [-0.3, -0.25) is 15.4 Å². The third-order valence-corrected chi connectivity index (χ3v) is 8.01. The summed E-state index contributed by atoms with van der Waals surface area (Å²) >= 11 is 1.45. The zero-order valence-electron chi connectivity index (χ0n) is 16.6. The molecule has 0 bridgehead atoms. The van der Waals surface area contributed by atoms with Gasteiger partial charge in [0.15, 0.2) is 0 Å². The van der Waals surface area contributed by atoms with Gasteiger partial charge < -0.3 is 14.9 Å². The summed E-state index contributed by atoms with van der Waals surface area (Å²) in [6.45, 7) is 0. The summed E-state index contributed by atoms with van der Waals surface area (Å²) in [6.07, 6.45) is -34.4. The highest BCUT2D eigenvalue weighted by molar-refractivity contribution is 14.1. The molecule has 1 saturated carbocycles. The minimum Gasteiger partial charge on any atom is -0.461 e. The maximum atomic E-state index is 13.4. The van der Waals surface area contributed by atoms with Gasteiger partial charge >= 0.3 is 30.7 Å². The van der Waals surface area contributed by atoms with Crippen LogP contribution in [0.25, 0.3) is 0 Å². The van der Waals surface area contributed by atoms with Gasteiger partial charge in [0.25, 0.3) is 11.2 Å². The molecule has 19 heteroatoms. The van der Waals surface area contributed by atoms with Crippen LogP contribution in [0.2, 0.25) is 0 Å². The number of carbonyl (C=O) groups is 1. The molecule has 3 rings (SSSR count). The highest BCUT2D eigenvalue weighted by Gasteiger charge is 2.79. The van der Waals surface area contributed by atoms with Crippen LogP contribution in [0.15, 0.2) is 0 Å². The third kappa shape index (κ3) is 4.45. The summed E-state index contributed by atoms with van der Waals surface area (Å²) in [4.78, 5) is 12.3. The second-order valence-corrected chi connectivity index (χ2v) is 9.88. The Bertz CT molecular complexity index is 777. The Kier molecular flexibility index (Phi) is 6.66. The summed E-state index contributed by atoms with van der Waals surface area (Å²) in [6, 6.07) is 0. The highest BCUT2D eigenvalue weighted by atomic mass is 127. The monoisotopic (exact) mass is 654 g/mol. The lowest BCUT2D eigenvalue weighted by molar-refractivity contribution is -0.405. The molecule has 0 aromatic heterocycles. The first kappa shape index (κ1) is 28.8. The van der Waals surface area contributed by atoms with Crippen LogP contribution in [-0.4, -0.2) is 73.9 Å². The molecule has 3 unspecified atom stereocenters. The van der Waals surface area contributed by atoms with Gasteiger partial charge in [-0.1, -0.05) is 22.6 Å². The third-order valence-electron chi connectivity index (χ3n) is 6.52. The van der Waals surface area contributed by atoms with Crippen LogP contribution in [0.5, 0.6) is 0 Å². The number of hydrogen-bond acceptors (Lipinski definition) is 6. The molecular formula is C16H15F12IN2O4. The van der Waals surface area contributed by atoms with E-state index < -0.39 is 88.7 Å². The van der Waals surface area contributed by atoms with Gasteiger partial charge in [0, 0.05) is 11.8 Å². The van der Waals surface area contributed by atoms with Crippen LogP contribution >= 0.6 is 22.6 Å². The number of ether oxygens (including phenoxy) is 1. The van der Waals surface area contributed by atoms with Crippen LogP contribution in [-0.2, 0) is 9.53 Å². The molecule has 0 spiro atoms. The van der Waals surface area contributed by atoms with E-state index in [-0.39, 0.29) is 6.17 Å². The largest absolute Gasteiger partial charge is 0.461 e. The smallest absolute Gasteiger partial charge is 0.426 e. The summed E-state index contributed by atoms with van der Waals surface area (Å²) in [7, 11) is 0. The molecule has 0 aromatic rings. The van der Waals surface area contributed by atoms with E-state index in [2.05, 4.69) is 10.6 Å². The van der Waals surface area contributed by atoms with E-state index in [1.165, 1.54) is 22.6 Å². The Hall–Kier alpha value is -0.800. The molecule has 0 aromatic carbocycles. The number of carbonyl (C=O) groups excluding carboxylic acids is 1. The Balaban J connectivity index is 2.02. The Labute approximate surface area is 200 Å². The van der Waals surface area contributed by atoms with E-state index in [1.807, 2.05) is 0 Å². The number of halogens is 13. The normalized spacial score (nSPS) is 33.1. The Morgan fingerprint density at radius 2 is 1.09 bits per heavy atom. The van der Waals surface area contributed by atoms with Crippen molar-refractivity contribution in [2.24, 2.45) is 11.8 Å². The van der Waals surface area contributed by atoms with Crippen LogP contribution in [0.4, 0.5) is 52.7 Å². The van der Waals surface area contributed by atoms with Crippen molar-refractivity contribution in [2.75, 3.05) is 0 Å². The molecule has 3 fully saturated rings. The number of esters is 1. The zero-order valence-corrected chi connectivity index (χ0v) is 18.8. The van der Waals surface area contributed by atoms with Crippen molar-refractivity contribution in [2.45, 2.75) is 77.0 Å². The van der Waals surface area contributed by atoms with Gasteiger partial charge in [0.2, 0.25) is 0 Å². The van der Waals surface area contributed by atoms with Gasteiger partial charge in [-0.05, 0) is 19.3 Å². The number of aliphatic hydroxyl groups is 2. The first-order chi connectivity index (χ1) is 15.4. The van der Waals surface area contributed by atoms with Gasteiger partial charge in [0.05, 0.1) is 6.17 Å². The molecule has 1 aliphatic carbocycles. The van der Waals surface area contributed by atoms with E-state index in [4.69, 9.17) is 4.74 Å². The molecule has 4 N–H and O–H groups in total. The Morgan fingerprint density at radius 1 is 0.771 bits per heavy atom. The second kappa shape index (κ2) is 8.10. The lowest BCUT2D eigenvalue weighted by atomic mass is 9.65. The first-order valence-corrected chi connectivity index (χ1v) is 10.8. The van der Waals surface area contributed by atoms with E-state index in [1.54, 1.807) is 0 Å². The average molecular weight is 654 g/mol. The number of fused-ring (bicyclic) bond motifs is 1. The molecule has 0 amide bonds. The minimum atomic E-state index is -6.59. The summed E-state index contributed by atoms with van der Waals surface area (Å²) in [5.41, 5.74) is -12.5. The van der Waals surface area contributed by atoms with Crippen LogP contribution in [0.1, 0.15) is 19.3 Å². The maximum absolute atomic E-state index is 13.4. The molecular weight excluding hydrogens is 639 g/mol. The molecule has 6 nitrogen and oxygen atoms in total. The number of nitrogens with one attached hydrogen (secondary N) is 2. The van der Waals surface area contributed by atoms with Gasteiger partial charge in [-0.25, -0.2) is 0 Å². The molecule has 3 aliphatic rings. The van der Waals surface area contributed by atoms with Crippen LogP contribution in [0.3, 0.4) is 0 Å². The second-order valence-electron chi connectivity index (χ2n) is 8.64. The van der Waals surface area contributed by atoms with Gasteiger partial charge in [-0.2, -0.15) is 52.7 Å². The van der Waals surface area contributed by atoms with Crippen LogP contribution < -0.4 is 10.6 Å². The van der Waals surface area contributed by atoms with E-state index in [9.17, 15) is 67.7 Å². The van der Waals surface area contributed by atoms with Crippen molar-refractivity contribution in [3.63, 3.8) is 0 Å². The fourth-order valence-electron chi connectivity index (χ4n) is 4.39. The van der Waals surface area contributed by atoms with Crippen molar-refractivity contribution < 1.29 is 72.4 Å². The quantitative estimate of drug-likeness (QED) is 0.119. The summed E-state index contributed by atoms with van der Waals surface area (Å²) in [5.74, 6) is -8.11. The predicted molar refractivity (Wildman–Crippen MR) is 95.4 cm³/mol. The van der Waals surface area contributed by atoms with Crippen molar-refractivity contribution in [3.8, 4) is 0 Å². The van der Waals surface area contributed by atoms with Crippen molar-refractivity contribution in [1.29, 1.82) is 0 Å². The lowest BCUT2D eigenvalue weighted by Gasteiger charge is -2.48. The summed E-state index contributed by atoms with van der Waals surface area (Å²) < 4.78 is 164. The molecule has 3 atom stereocenters. The SMILES string of the molecule is O=C(OC1CC(C(O)(C(F)(F)F)C(F)(F)F)CC(C(O)(C(F)(F)F)C(F)(F)F)C1)C(I)C12NC1N2. The molecule has 2 heterocycles. The van der Waals surface area contributed by atoms with Gasteiger partial charge in [0.1, 0.15) is 15.7 Å². The minimum absolute atomic E-state index is 0.370. The molecule has 2 aliphatic heterocycles. The molecule has 204 valence electrons. The fraction of sp³-hybridized carbons (Fsp3) is 0.938. The topological polar surface area (TPSA) is 111 Å². The zero-order chi connectivity index (χ0) is 27.2. The molecule has 0 radical (unpaired) electrons. The standard InChI is InChI=1S/C16H15F12IN2O4/c17-13(18,19)11(33,14(20,21)22)4-1-5(12(34,15(23,24)25)16(26,27)28)3-6(2-4)35-8(32)7(29)10-9(30-10)31-10/h4-7,9,30-31,33-34H,1-3H2. The predicted octanol–water partition coefficient (Wildman–Crippen LogP) is 3.06. The number of rotatable bonds is 5. The molecule has 2 saturated heterocycles. The van der Waals surface area contributed by atoms with Crippen molar-refractivity contribution in [3.05, 3.63) is 0 Å². The summed E-state index contributed by atoms with van der Waals surface area (Å²) in [5, 5.41) is 24.7. The van der Waals surface area contributed by atoms with Crippen molar-refractivity contribution in [1.82, 2.24) is 10.6 Å².